The molecule has 1 unspecified atom stereocenters. The highest BCUT2D eigenvalue weighted by Gasteiger charge is 2.19. The molecule has 0 heterocycles. The van der Waals surface area contributed by atoms with E-state index in [9.17, 15) is 8.78 Å². The number of rotatable bonds is 5. The van der Waals surface area contributed by atoms with Crippen molar-refractivity contribution in [1.82, 2.24) is 0 Å². The van der Waals surface area contributed by atoms with Gasteiger partial charge >= 0.3 is 0 Å². The summed E-state index contributed by atoms with van der Waals surface area (Å²) < 4.78 is 31.1. The molecule has 90 valence electrons. The van der Waals surface area contributed by atoms with Gasteiger partial charge < -0.3 is 10.5 Å². The van der Waals surface area contributed by atoms with Crippen molar-refractivity contribution in [3.05, 3.63) is 35.4 Å². The highest BCUT2D eigenvalue weighted by molar-refractivity contribution is 5.20. The van der Waals surface area contributed by atoms with Gasteiger partial charge in [-0.25, -0.2) is 8.78 Å². The minimum Gasteiger partial charge on any atom is -0.380 e. The van der Waals surface area contributed by atoms with E-state index in [1.165, 1.54) is 12.1 Å². The third-order valence-corrected chi connectivity index (χ3v) is 2.17. The van der Waals surface area contributed by atoms with Gasteiger partial charge in [-0.05, 0) is 38.0 Å². The molecule has 0 bridgehead atoms. The van der Waals surface area contributed by atoms with Crippen molar-refractivity contribution in [3.63, 3.8) is 0 Å². The molecule has 0 spiro atoms. The van der Waals surface area contributed by atoms with Gasteiger partial charge in [0.15, 0.2) is 0 Å². The number of nitrogens with two attached hydrogens (primary N) is 1. The first-order chi connectivity index (χ1) is 7.43. The molecule has 0 saturated carbocycles. The predicted octanol–water partition coefficient (Wildman–Crippen LogP) is 2.26. The van der Waals surface area contributed by atoms with E-state index < -0.39 is 17.2 Å². The van der Waals surface area contributed by atoms with Crippen molar-refractivity contribution in [2.75, 3.05) is 13.2 Å². The minimum atomic E-state index is -0.615. The highest BCUT2D eigenvalue weighted by atomic mass is 19.1. The Hall–Kier alpha value is -1.00. The zero-order valence-electron chi connectivity index (χ0n) is 9.59. The summed E-state index contributed by atoms with van der Waals surface area (Å²) in [5.41, 5.74) is 5.89. The SMILES string of the molecule is CCOCC(C)(N)Cc1cc(F)cc(F)c1. The van der Waals surface area contributed by atoms with Gasteiger partial charge in [0.05, 0.1) is 6.61 Å². The van der Waals surface area contributed by atoms with Gasteiger partial charge in [0.1, 0.15) is 11.6 Å². The molecule has 1 aromatic carbocycles. The van der Waals surface area contributed by atoms with E-state index in [1.807, 2.05) is 6.92 Å². The Bertz CT molecular complexity index is 333. The lowest BCUT2D eigenvalue weighted by Gasteiger charge is -2.24. The molecule has 1 rings (SSSR count). The quantitative estimate of drug-likeness (QED) is 0.840. The standard InChI is InChI=1S/C12H17F2NO/c1-3-16-8-12(2,15)7-9-4-10(13)6-11(14)5-9/h4-6H,3,7-8,15H2,1-2H3. The fourth-order valence-corrected chi connectivity index (χ4v) is 1.57. The summed E-state index contributed by atoms with van der Waals surface area (Å²) in [4.78, 5) is 0. The lowest BCUT2D eigenvalue weighted by atomic mass is 9.95. The molecule has 0 radical (unpaired) electrons. The monoisotopic (exact) mass is 229 g/mol. The van der Waals surface area contributed by atoms with E-state index in [2.05, 4.69) is 0 Å². The molecule has 2 nitrogen and oxygen atoms in total. The minimum absolute atomic E-state index is 0.363. The Labute approximate surface area is 94.4 Å². The summed E-state index contributed by atoms with van der Waals surface area (Å²) in [6.07, 6.45) is 0.377. The summed E-state index contributed by atoms with van der Waals surface area (Å²) in [6.45, 7) is 4.61. The smallest absolute Gasteiger partial charge is 0.126 e. The van der Waals surface area contributed by atoms with Crippen molar-refractivity contribution in [2.24, 2.45) is 5.73 Å². The van der Waals surface area contributed by atoms with E-state index in [0.717, 1.165) is 6.07 Å². The van der Waals surface area contributed by atoms with Crippen LogP contribution in [0.1, 0.15) is 19.4 Å². The summed E-state index contributed by atoms with van der Waals surface area (Å²) in [6, 6.07) is 3.43. The average Bonchev–Trinajstić information content (AvgIpc) is 2.12. The number of benzene rings is 1. The van der Waals surface area contributed by atoms with Crippen LogP contribution in [-0.2, 0) is 11.2 Å². The van der Waals surface area contributed by atoms with Gasteiger partial charge in [-0.2, -0.15) is 0 Å². The second-order valence-corrected chi connectivity index (χ2v) is 4.25. The second-order valence-electron chi connectivity index (χ2n) is 4.25. The van der Waals surface area contributed by atoms with E-state index in [4.69, 9.17) is 10.5 Å². The Morgan fingerprint density at radius 1 is 1.25 bits per heavy atom. The van der Waals surface area contributed by atoms with Crippen molar-refractivity contribution < 1.29 is 13.5 Å². The normalized spacial score (nSPS) is 14.8. The lowest BCUT2D eigenvalue weighted by Crippen LogP contribution is -2.43. The first-order valence-electron chi connectivity index (χ1n) is 5.24. The topological polar surface area (TPSA) is 35.2 Å². The van der Waals surface area contributed by atoms with Gasteiger partial charge in [-0.3, -0.25) is 0 Å². The van der Waals surface area contributed by atoms with E-state index in [1.54, 1.807) is 6.92 Å². The molecule has 4 heteroatoms. The van der Waals surface area contributed by atoms with E-state index >= 15 is 0 Å². The Balaban J connectivity index is 2.71. The molecule has 0 aliphatic heterocycles. The summed E-state index contributed by atoms with van der Waals surface area (Å²) >= 11 is 0. The Morgan fingerprint density at radius 3 is 2.31 bits per heavy atom. The summed E-state index contributed by atoms with van der Waals surface area (Å²) in [5.74, 6) is -1.16. The molecule has 16 heavy (non-hydrogen) atoms. The second kappa shape index (κ2) is 5.37. The maximum absolute atomic E-state index is 12.9. The maximum atomic E-state index is 12.9. The van der Waals surface area contributed by atoms with Crippen LogP contribution in [0.15, 0.2) is 18.2 Å². The van der Waals surface area contributed by atoms with Gasteiger partial charge in [-0.1, -0.05) is 0 Å². The fraction of sp³-hybridized carbons (Fsp3) is 0.500. The molecule has 0 amide bonds. The van der Waals surface area contributed by atoms with Crippen molar-refractivity contribution >= 4 is 0 Å². The van der Waals surface area contributed by atoms with Crippen molar-refractivity contribution in [2.45, 2.75) is 25.8 Å². The molecule has 0 saturated heterocycles. The third-order valence-electron chi connectivity index (χ3n) is 2.17. The molecular formula is C12H17F2NO. The molecule has 0 fully saturated rings. The summed E-state index contributed by atoms with van der Waals surface area (Å²) in [7, 11) is 0. The zero-order chi connectivity index (χ0) is 12.2. The molecule has 0 aliphatic carbocycles. The van der Waals surface area contributed by atoms with Gasteiger partial charge in [-0.15, -0.1) is 0 Å². The van der Waals surface area contributed by atoms with Crippen LogP contribution >= 0.6 is 0 Å². The molecule has 0 aliphatic rings. The van der Waals surface area contributed by atoms with E-state index in [-0.39, 0.29) is 0 Å². The van der Waals surface area contributed by atoms with Gasteiger partial charge in [0.25, 0.3) is 0 Å². The van der Waals surface area contributed by atoms with E-state index in [0.29, 0.717) is 25.2 Å². The lowest BCUT2D eigenvalue weighted by molar-refractivity contribution is 0.101. The first kappa shape index (κ1) is 13.1. The Kier molecular flexibility index (Phi) is 4.38. The number of ether oxygens (including phenoxy) is 1. The summed E-state index contributed by atoms with van der Waals surface area (Å²) in [5, 5.41) is 0. The van der Waals surface area contributed by atoms with Crippen LogP contribution in [0.3, 0.4) is 0 Å². The van der Waals surface area contributed by atoms with Crippen LogP contribution in [0.5, 0.6) is 0 Å². The first-order valence-corrected chi connectivity index (χ1v) is 5.24. The van der Waals surface area contributed by atoms with Crippen LogP contribution < -0.4 is 5.73 Å². The van der Waals surface area contributed by atoms with Crippen molar-refractivity contribution in [1.29, 1.82) is 0 Å². The average molecular weight is 229 g/mol. The molecular weight excluding hydrogens is 212 g/mol. The van der Waals surface area contributed by atoms with Crippen LogP contribution in [-0.4, -0.2) is 18.8 Å². The highest BCUT2D eigenvalue weighted by Crippen LogP contribution is 2.14. The maximum Gasteiger partial charge on any atom is 0.126 e. The third kappa shape index (κ3) is 4.24. The predicted molar refractivity (Wildman–Crippen MR) is 59.1 cm³/mol. The largest absolute Gasteiger partial charge is 0.380 e. The number of halogens is 2. The van der Waals surface area contributed by atoms with Crippen molar-refractivity contribution in [3.8, 4) is 0 Å². The van der Waals surface area contributed by atoms with Gasteiger partial charge in [0, 0.05) is 18.2 Å². The number of hydrogen-bond donors (Lipinski definition) is 1. The van der Waals surface area contributed by atoms with Crippen LogP contribution in [0.2, 0.25) is 0 Å². The molecule has 2 N–H and O–H groups in total. The van der Waals surface area contributed by atoms with Crippen LogP contribution in [0.4, 0.5) is 8.78 Å². The molecule has 1 atom stereocenters. The Morgan fingerprint density at radius 2 is 1.81 bits per heavy atom. The molecule has 1 aromatic rings. The van der Waals surface area contributed by atoms with Gasteiger partial charge in [0.2, 0.25) is 0 Å². The van der Waals surface area contributed by atoms with Crippen LogP contribution in [0, 0.1) is 11.6 Å². The number of hydrogen-bond acceptors (Lipinski definition) is 2. The fourth-order valence-electron chi connectivity index (χ4n) is 1.57. The van der Waals surface area contributed by atoms with Crippen LogP contribution in [0.25, 0.3) is 0 Å². The zero-order valence-corrected chi connectivity index (χ0v) is 9.59. The molecule has 0 aromatic heterocycles.